The zero-order valence-corrected chi connectivity index (χ0v) is 15.2. The van der Waals surface area contributed by atoms with Gasteiger partial charge < -0.3 is 15.1 Å². The van der Waals surface area contributed by atoms with E-state index in [1.54, 1.807) is 29.2 Å². The molecule has 0 bridgehead atoms. The lowest BCUT2D eigenvalue weighted by Crippen LogP contribution is -2.37. The van der Waals surface area contributed by atoms with Gasteiger partial charge in [-0.25, -0.2) is 0 Å². The Balaban J connectivity index is 1.95. The third-order valence-electron chi connectivity index (χ3n) is 4.89. The fourth-order valence-electron chi connectivity index (χ4n) is 3.31. The molecule has 5 nitrogen and oxygen atoms in total. The number of hydrogen-bond acceptors (Lipinski definition) is 5. The van der Waals surface area contributed by atoms with Crippen LogP contribution in [0.3, 0.4) is 0 Å². The molecule has 0 amide bonds. The number of carbonyl (C=O) groups is 1. The zero-order valence-electron chi connectivity index (χ0n) is 15.2. The molecule has 138 valence electrons. The van der Waals surface area contributed by atoms with E-state index in [0.29, 0.717) is 24.1 Å². The SMILES string of the molecule is CCC(O)CC1C(=O)C(c2ccccc2)=C(O)N1Cc1ccc(C#N)cc1. The number of Topliss-reactive ketones (excluding diaryl/α,β-unsaturated/α-hetero) is 1. The molecule has 2 atom stereocenters. The number of benzene rings is 2. The van der Waals surface area contributed by atoms with Crippen LogP contribution in [0.2, 0.25) is 0 Å². The molecule has 0 radical (unpaired) electrons. The van der Waals surface area contributed by atoms with Crippen LogP contribution >= 0.6 is 0 Å². The molecular formula is C22H22N2O3. The average Bonchev–Trinajstić information content (AvgIpc) is 2.93. The predicted octanol–water partition coefficient (Wildman–Crippen LogP) is 3.40. The number of nitrogens with zero attached hydrogens (tertiary/aromatic N) is 2. The van der Waals surface area contributed by atoms with Crippen molar-refractivity contribution >= 4 is 11.4 Å². The Morgan fingerprint density at radius 2 is 1.81 bits per heavy atom. The van der Waals surface area contributed by atoms with E-state index in [0.717, 1.165) is 5.56 Å². The van der Waals surface area contributed by atoms with Gasteiger partial charge in [0, 0.05) is 13.0 Å². The van der Waals surface area contributed by atoms with Gasteiger partial charge in [0.05, 0.1) is 29.4 Å². The van der Waals surface area contributed by atoms with Gasteiger partial charge in [0.15, 0.2) is 11.7 Å². The van der Waals surface area contributed by atoms with Gasteiger partial charge in [0.25, 0.3) is 0 Å². The van der Waals surface area contributed by atoms with E-state index in [-0.39, 0.29) is 23.7 Å². The number of ketones is 1. The summed E-state index contributed by atoms with van der Waals surface area (Å²) in [5.41, 5.74) is 2.38. The molecule has 1 aliphatic rings. The number of hydrogen-bond donors (Lipinski definition) is 2. The molecule has 2 aromatic rings. The van der Waals surface area contributed by atoms with Crippen molar-refractivity contribution in [3.63, 3.8) is 0 Å². The molecule has 0 fully saturated rings. The minimum absolute atomic E-state index is 0.0659. The predicted molar refractivity (Wildman–Crippen MR) is 102 cm³/mol. The lowest BCUT2D eigenvalue weighted by Gasteiger charge is -2.27. The number of nitriles is 1. The van der Waals surface area contributed by atoms with Crippen LogP contribution in [-0.2, 0) is 11.3 Å². The van der Waals surface area contributed by atoms with E-state index in [4.69, 9.17) is 5.26 Å². The van der Waals surface area contributed by atoms with Gasteiger partial charge in [-0.2, -0.15) is 5.26 Å². The standard InChI is InChI=1S/C22H22N2O3/c1-2-18(25)12-19-21(26)20(17-6-4-3-5-7-17)22(27)24(19)14-16-10-8-15(13-23)9-11-16/h3-11,18-19,25,27H,2,12,14H2,1H3. The summed E-state index contributed by atoms with van der Waals surface area (Å²) in [6.07, 6.45) is 0.174. The normalized spacial score (nSPS) is 17.9. The highest BCUT2D eigenvalue weighted by Crippen LogP contribution is 2.34. The summed E-state index contributed by atoms with van der Waals surface area (Å²) in [5, 5.41) is 29.9. The number of rotatable bonds is 6. The summed E-state index contributed by atoms with van der Waals surface area (Å²) in [5.74, 6) is -0.247. The molecule has 1 aliphatic heterocycles. The minimum atomic E-state index is -0.620. The van der Waals surface area contributed by atoms with Crippen LogP contribution in [0.25, 0.3) is 5.57 Å². The number of aliphatic hydroxyl groups excluding tert-OH is 2. The maximum atomic E-state index is 13.1. The maximum Gasteiger partial charge on any atom is 0.199 e. The molecule has 5 heteroatoms. The van der Waals surface area contributed by atoms with E-state index in [2.05, 4.69) is 6.07 Å². The van der Waals surface area contributed by atoms with Crippen molar-refractivity contribution in [1.29, 1.82) is 5.26 Å². The molecular weight excluding hydrogens is 340 g/mol. The minimum Gasteiger partial charge on any atom is -0.494 e. The topological polar surface area (TPSA) is 84.6 Å². The van der Waals surface area contributed by atoms with Gasteiger partial charge in [0.2, 0.25) is 0 Å². The first-order valence-corrected chi connectivity index (χ1v) is 9.01. The van der Waals surface area contributed by atoms with Crippen molar-refractivity contribution in [3.8, 4) is 6.07 Å². The second-order valence-electron chi connectivity index (χ2n) is 6.68. The van der Waals surface area contributed by atoms with E-state index in [9.17, 15) is 15.0 Å². The van der Waals surface area contributed by atoms with Gasteiger partial charge in [-0.15, -0.1) is 0 Å². The summed E-state index contributed by atoms with van der Waals surface area (Å²) < 4.78 is 0. The number of carbonyl (C=O) groups excluding carboxylic acids is 1. The highest BCUT2D eigenvalue weighted by Gasteiger charge is 2.41. The molecule has 2 unspecified atom stereocenters. The summed E-state index contributed by atoms with van der Waals surface area (Å²) >= 11 is 0. The second-order valence-corrected chi connectivity index (χ2v) is 6.68. The summed E-state index contributed by atoms with van der Waals surface area (Å²) in [6.45, 7) is 2.18. The van der Waals surface area contributed by atoms with Crippen molar-refractivity contribution in [2.45, 2.75) is 38.5 Å². The van der Waals surface area contributed by atoms with Crippen molar-refractivity contribution in [2.24, 2.45) is 0 Å². The average molecular weight is 362 g/mol. The van der Waals surface area contributed by atoms with Crippen molar-refractivity contribution in [2.75, 3.05) is 0 Å². The second kappa shape index (κ2) is 8.07. The first-order chi connectivity index (χ1) is 13.0. The molecule has 3 rings (SSSR count). The van der Waals surface area contributed by atoms with Crippen molar-refractivity contribution < 1.29 is 15.0 Å². The molecule has 0 saturated heterocycles. The molecule has 0 aliphatic carbocycles. The summed E-state index contributed by atoms with van der Waals surface area (Å²) in [4.78, 5) is 14.7. The lowest BCUT2D eigenvalue weighted by atomic mass is 9.97. The molecule has 1 heterocycles. The van der Waals surface area contributed by atoms with Gasteiger partial charge in [-0.05, 0) is 29.7 Å². The van der Waals surface area contributed by atoms with Gasteiger partial charge >= 0.3 is 0 Å². The Labute approximate surface area is 158 Å². The third kappa shape index (κ3) is 3.86. The Morgan fingerprint density at radius 1 is 1.15 bits per heavy atom. The van der Waals surface area contributed by atoms with Gasteiger partial charge in [0.1, 0.15) is 0 Å². The highest BCUT2D eigenvalue weighted by atomic mass is 16.3. The summed E-state index contributed by atoms with van der Waals surface area (Å²) in [7, 11) is 0. The fourth-order valence-corrected chi connectivity index (χ4v) is 3.31. The Hall–Kier alpha value is -3.10. The smallest absolute Gasteiger partial charge is 0.199 e. The molecule has 0 saturated carbocycles. The Kier molecular flexibility index (Phi) is 5.58. The van der Waals surface area contributed by atoms with Crippen molar-refractivity contribution in [3.05, 3.63) is 77.2 Å². The first kappa shape index (κ1) is 18.7. The molecule has 0 spiro atoms. The largest absolute Gasteiger partial charge is 0.494 e. The van der Waals surface area contributed by atoms with Gasteiger partial charge in [-0.3, -0.25) is 4.79 Å². The van der Waals surface area contributed by atoms with Crippen LogP contribution < -0.4 is 0 Å². The van der Waals surface area contributed by atoms with E-state index < -0.39 is 12.1 Å². The zero-order chi connectivity index (χ0) is 19.4. The van der Waals surface area contributed by atoms with Gasteiger partial charge in [-0.1, -0.05) is 49.4 Å². The fraction of sp³-hybridized carbons (Fsp3) is 0.273. The van der Waals surface area contributed by atoms with Crippen molar-refractivity contribution in [1.82, 2.24) is 4.90 Å². The summed E-state index contributed by atoms with van der Waals surface area (Å²) in [6, 6.07) is 17.6. The van der Waals surface area contributed by atoms with Crippen LogP contribution in [-0.4, -0.2) is 33.0 Å². The van der Waals surface area contributed by atoms with Crippen LogP contribution in [0, 0.1) is 11.3 Å². The Morgan fingerprint density at radius 3 is 2.41 bits per heavy atom. The Bertz CT molecular complexity index is 882. The van der Waals surface area contributed by atoms with Crippen LogP contribution in [0.4, 0.5) is 0 Å². The molecule has 2 aromatic carbocycles. The van der Waals surface area contributed by atoms with E-state index in [1.165, 1.54) is 0 Å². The molecule has 2 N–H and O–H groups in total. The quantitative estimate of drug-likeness (QED) is 0.823. The van der Waals surface area contributed by atoms with E-state index >= 15 is 0 Å². The lowest BCUT2D eigenvalue weighted by molar-refractivity contribution is -0.118. The number of aliphatic hydroxyl groups is 2. The van der Waals surface area contributed by atoms with Crippen LogP contribution in [0.1, 0.15) is 36.5 Å². The van der Waals surface area contributed by atoms with Crippen LogP contribution in [0.5, 0.6) is 0 Å². The monoisotopic (exact) mass is 362 g/mol. The van der Waals surface area contributed by atoms with Crippen LogP contribution in [0.15, 0.2) is 60.5 Å². The van der Waals surface area contributed by atoms with E-state index in [1.807, 2.05) is 37.3 Å². The molecule has 0 aromatic heterocycles. The molecule has 27 heavy (non-hydrogen) atoms. The third-order valence-corrected chi connectivity index (χ3v) is 4.89. The first-order valence-electron chi connectivity index (χ1n) is 9.01. The highest BCUT2D eigenvalue weighted by molar-refractivity contribution is 6.25. The maximum absolute atomic E-state index is 13.1.